The Hall–Kier alpha value is -2.35. The fourth-order valence-corrected chi connectivity index (χ4v) is 4.61. The van der Waals surface area contributed by atoms with E-state index in [0.717, 1.165) is 50.5 Å². The minimum atomic E-state index is 0.110. The molecule has 144 valence electrons. The van der Waals surface area contributed by atoms with Gasteiger partial charge in [-0.05, 0) is 61.7 Å². The van der Waals surface area contributed by atoms with Crippen LogP contribution >= 0.6 is 0 Å². The van der Waals surface area contributed by atoms with Gasteiger partial charge in [0.05, 0.1) is 5.69 Å². The molecule has 0 bridgehead atoms. The SMILES string of the molecule is Cc1cccc(CN2CCCC3(CCCN(C(=O)Cn4cnnn4)C3)C2)n1. The Kier molecular flexibility index (Phi) is 5.15. The van der Waals surface area contributed by atoms with E-state index in [1.165, 1.54) is 30.3 Å². The molecule has 2 aromatic heterocycles. The molecule has 8 nitrogen and oxygen atoms in total. The molecule has 1 amide bonds. The van der Waals surface area contributed by atoms with Crippen LogP contribution in [0.25, 0.3) is 0 Å². The van der Waals surface area contributed by atoms with Crippen LogP contribution < -0.4 is 0 Å². The largest absolute Gasteiger partial charge is 0.340 e. The lowest BCUT2D eigenvalue weighted by Crippen LogP contribution is -2.54. The van der Waals surface area contributed by atoms with E-state index in [9.17, 15) is 4.79 Å². The van der Waals surface area contributed by atoms with E-state index < -0.39 is 0 Å². The molecule has 0 radical (unpaired) electrons. The molecule has 2 fully saturated rings. The maximum atomic E-state index is 12.7. The van der Waals surface area contributed by atoms with Gasteiger partial charge < -0.3 is 4.90 Å². The van der Waals surface area contributed by atoms with Crippen molar-refractivity contribution in [2.45, 2.75) is 45.7 Å². The predicted octanol–water partition coefficient (Wildman–Crippen LogP) is 1.28. The molecule has 27 heavy (non-hydrogen) atoms. The molecule has 0 N–H and O–H groups in total. The Morgan fingerprint density at radius 3 is 2.81 bits per heavy atom. The number of pyridine rings is 1. The zero-order chi connectivity index (χ0) is 18.7. The Labute approximate surface area is 159 Å². The van der Waals surface area contributed by atoms with Crippen LogP contribution in [0, 0.1) is 12.3 Å². The van der Waals surface area contributed by atoms with Crippen molar-refractivity contribution in [3.63, 3.8) is 0 Å². The van der Waals surface area contributed by atoms with Crippen molar-refractivity contribution in [1.82, 2.24) is 35.0 Å². The van der Waals surface area contributed by atoms with Gasteiger partial charge in [0.15, 0.2) is 0 Å². The van der Waals surface area contributed by atoms with Crippen molar-refractivity contribution in [2.75, 3.05) is 26.2 Å². The second kappa shape index (κ2) is 7.72. The number of aromatic nitrogens is 5. The van der Waals surface area contributed by atoms with Crippen LogP contribution in [0.15, 0.2) is 24.5 Å². The summed E-state index contributed by atoms with van der Waals surface area (Å²) in [4.78, 5) is 21.9. The molecule has 8 heteroatoms. The highest BCUT2D eigenvalue weighted by atomic mass is 16.2. The number of amides is 1. The summed E-state index contributed by atoms with van der Waals surface area (Å²) in [5.41, 5.74) is 2.40. The molecule has 2 aromatic rings. The molecular weight excluding hydrogens is 342 g/mol. The highest BCUT2D eigenvalue weighted by Gasteiger charge is 2.40. The van der Waals surface area contributed by atoms with Gasteiger partial charge >= 0.3 is 0 Å². The number of likely N-dealkylation sites (tertiary alicyclic amines) is 2. The zero-order valence-corrected chi connectivity index (χ0v) is 15.9. The summed E-state index contributed by atoms with van der Waals surface area (Å²) in [6.45, 7) is 6.97. The molecule has 0 saturated carbocycles. The number of carbonyl (C=O) groups excluding carboxylic acids is 1. The summed E-state index contributed by atoms with van der Waals surface area (Å²) in [5, 5.41) is 11.0. The van der Waals surface area contributed by atoms with Crippen LogP contribution in [0.4, 0.5) is 0 Å². The second-order valence-electron chi connectivity index (χ2n) is 8.01. The third-order valence-corrected chi connectivity index (χ3v) is 5.77. The van der Waals surface area contributed by atoms with Gasteiger partial charge in [-0.1, -0.05) is 6.07 Å². The minimum absolute atomic E-state index is 0.110. The lowest BCUT2D eigenvalue weighted by molar-refractivity contribution is -0.136. The van der Waals surface area contributed by atoms with Gasteiger partial charge in [0.1, 0.15) is 12.9 Å². The van der Waals surface area contributed by atoms with Crippen LogP contribution in [-0.2, 0) is 17.9 Å². The number of hydrogen-bond acceptors (Lipinski definition) is 6. The topological polar surface area (TPSA) is 80.0 Å². The molecular formula is C19H27N7O. The summed E-state index contributed by atoms with van der Waals surface area (Å²) >= 11 is 0. The standard InChI is InChI=1S/C19H27N7O/c1-16-5-2-6-17(21-16)11-24-9-3-7-19(13-24)8-4-10-25(14-19)18(27)12-26-15-20-22-23-26/h2,5-6,15H,3-4,7-14H2,1H3. The number of carbonyl (C=O) groups is 1. The molecule has 1 spiro atoms. The number of piperidine rings is 2. The summed E-state index contributed by atoms with van der Waals surface area (Å²) in [5.74, 6) is 0.110. The Bertz CT molecular complexity index is 774. The van der Waals surface area contributed by atoms with Crippen molar-refractivity contribution in [3.8, 4) is 0 Å². The van der Waals surface area contributed by atoms with Gasteiger partial charge in [-0.15, -0.1) is 5.10 Å². The first-order chi connectivity index (χ1) is 13.1. The summed E-state index contributed by atoms with van der Waals surface area (Å²) in [6.07, 6.45) is 6.13. The van der Waals surface area contributed by atoms with E-state index >= 15 is 0 Å². The molecule has 0 aliphatic carbocycles. The van der Waals surface area contributed by atoms with Crippen LogP contribution in [0.1, 0.15) is 37.1 Å². The van der Waals surface area contributed by atoms with E-state index in [1.54, 1.807) is 0 Å². The van der Waals surface area contributed by atoms with Gasteiger partial charge in [0.25, 0.3) is 0 Å². The van der Waals surface area contributed by atoms with Crippen molar-refractivity contribution in [1.29, 1.82) is 0 Å². The molecule has 1 unspecified atom stereocenters. The molecule has 4 rings (SSSR count). The van der Waals surface area contributed by atoms with Crippen molar-refractivity contribution in [3.05, 3.63) is 35.9 Å². The zero-order valence-electron chi connectivity index (χ0n) is 15.9. The lowest BCUT2D eigenvalue weighted by atomic mass is 9.73. The first-order valence-corrected chi connectivity index (χ1v) is 9.75. The summed E-state index contributed by atoms with van der Waals surface area (Å²) < 4.78 is 1.50. The van der Waals surface area contributed by atoms with E-state index in [2.05, 4.69) is 37.5 Å². The maximum Gasteiger partial charge on any atom is 0.244 e. The molecule has 0 aromatic carbocycles. The number of tetrazole rings is 1. The van der Waals surface area contributed by atoms with Crippen molar-refractivity contribution in [2.24, 2.45) is 5.41 Å². The molecule has 2 aliphatic heterocycles. The average Bonchev–Trinajstić information content (AvgIpc) is 3.15. The first kappa shape index (κ1) is 18.0. The maximum absolute atomic E-state index is 12.7. The Morgan fingerprint density at radius 2 is 2.04 bits per heavy atom. The molecule has 2 saturated heterocycles. The second-order valence-corrected chi connectivity index (χ2v) is 8.01. The van der Waals surface area contributed by atoms with Crippen LogP contribution in [0.2, 0.25) is 0 Å². The van der Waals surface area contributed by atoms with E-state index in [0.29, 0.717) is 0 Å². The van der Waals surface area contributed by atoms with Gasteiger partial charge in [-0.2, -0.15) is 0 Å². The Balaban J connectivity index is 1.40. The monoisotopic (exact) mass is 369 g/mol. The summed E-state index contributed by atoms with van der Waals surface area (Å²) in [7, 11) is 0. The van der Waals surface area contributed by atoms with E-state index in [4.69, 9.17) is 0 Å². The van der Waals surface area contributed by atoms with E-state index in [1.807, 2.05) is 17.9 Å². The normalized spacial score (nSPS) is 23.7. The van der Waals surface area contributed by atoms with Gasteiger partial charge in [-0.3, -0.25) is 14.7 Å². The van der Waals surface area contributed by atoms with Gasteiger partial charge in [-0.25, -0.2) is 4.68 Å². The van der Waals surface area contributed by atoms with Crippen LogP contribution in [0.3, 0.4) is 0 Å². The third-order valence-electron chi connectivity index (χ3n) is 5.77. The minimum Gasteiger partial charge on any atom is -0.340 e. The number of rotatable bonds is 4. The first-order valence-electron chi connectivity index (χ1n) is 9.75. The smallest absolute Gasteiger partial charge is 0.244 e. The quantitative estimate of drug-likeness (QED) is 0.808. The van der Waals surface area contributed by atoms with E-state index in [-0.39, 0.29) is 17.9 Å². The number of aryl methyl sites for hydroxylation is 1. The van der Waals surface area contributed by atoms with Gasteiger partial charge in [0.2, 0.25) is 5.91 Å². The third kappa shape index (κ3) is 4.32. The number of nitrogens with zero attached hydrogens (tertiary/aromatic N) is 7. The highest BCUT2D eigenvalue weighted by molar-refractivity contribution is 5.76. The van der Waals surface area contributed by atoms with Gasteiger partial charge in [0, 0.05) is 37.3 Å². The molecule has 4 heterocycles. The van der Waals surface area contributed by atoms with Crippen LogP contribution in [-0.4, -0.2) is 67.1 Å². The Morgan fingerprint density at radius 1 is 1.19 bits per heavy atom. The number of hydrogen-bond donors (Lipinski definition) is 0. The molecule has 2 aliphatic rings. The summed E-state index contributed by atoms with van der Waals surface area (Å²) in [6, 6.07) is 6.23. The highest BCUT2D eigenvalue weighted by Crippen LogP contribution is 2.38. The lowest BCUT2D eigenvalue weighted by Gasteiger charge is -2.48. The molecule has 1 atom stereocenters. The van der Waals surface area contributed by atoms with Crippen LogP contribution in [0.5, 0.6) is 0 Å². The van der Waals surface area contributed by atoms with Crippen molar-refractivity contribution >= 4 is 5.91 Å². The fourth-order valence-electron chi connectivity index (χ4n) is 4.61. The average molecular weight is 369 g/mol. The van der Waals surface area contributed by atoms with Crippen molar-refractivity contribution < 1.29 is 4.79 Å². The fraction of sp³-hybridized carbons (Fsp3) is 0.632. The predicted molar refractivity (Wildman–Crippen MR) is 99.5 cm³/mol.